The van der Waals surface area contributed by atoms with E-state index in [0.717, 1.165) is 46.4 Å². The molecule has 168 valence electrons. The molecule has 1 aliphatic rings. The Hall–Kier alpha value is -3.03. The van der Waals surface area contributed by atoms with Crippen LogP contribution < -0.4 is 5.32 Å². The molecule has 0 saturated carbocycles. The molecule has 1 atom stereocenters. The third-order valence-corrected chi connectivity index (χ3v) is 6.60. The molecule has 0 bridgehead atoms. The van der Waals surface area contributed by atoms with Crippen molar-refractivity contribution >= 4 is 38.6 Å². The number of fused-ring (bicyclic) bond motifs is 1. The second-order valence-electron chi connectivity index (χ2n) is 8.40. The van der Waals surface area contributed by atoms with Crippen LogP contribution in [0.1, 0.15) is 18.7 Å². The normalized spacial score (nSPS) is 16.7. The molecular weight excluding hydrogens is 483 g/mol. The van der Waals surface area contributed by atoms with Gasteiger partial charge in [0.2, 0.25) is 5.91 Å². The number of rotatable bonds is 5. The molecule has 1 saturated heterocycles. The standard InChI is InChI=1S/C26H24BrFN4O/c27-19-7-13-22(14-8-19)32-24-6-2-1-5-23(24)30-25(32)17-31-15-3-4-18(16-31)26(33)29-21-11-9-20(28)10-12-21/h1-2,5-14,18H,3-4,15-17H2,(H,29,33)/t18-/m1/s1. The maximum atomic E-state index is 13.2. The van der Waals surface area contributed by atoms with Gasteiger partial charge in [-0.2, -0.15) is 0 Å². The van der Waals surface area contributed by atoms with Gasteiger partial charge in [0.15, 0.2) is 0 Å². The Labute approximate surface area is 200 Å². The quantitative estimate of drug-likeness (QED) is 0.373. The number of piperidine rings is 1. The van der Waals surface area contributed by atoms with E-state index in [1.54, 1.807) is 12.1 Å². The Kier molecular flexibility index (Phi) is 6.24. The number of likely N-dealkylation sites (tertiary alicyclic amines) is 1. The lowest BCUT2D eigenvalue weighted by molar-refractivity contribution is -0.121. The molecule has 4 aromatic rings. The van der Waals surface area contributed by atoms with Gasteiger partial charge in [0.25, 0.3) is 0 Å². The molecule has 0 aliphatic carbocycles. The number of carbonyl (C=O) groups is 1. The van der Waals surface area contributed by atoms with Crippen LogP contribution in [-0.2, 0) is 11.3 Å². The monoisotopic (exact) mass is 506 g/mol. The lowest BCUT2D eigenvalue weighted by Gasteiger charge is -2.31. The average Bonchev–Trinajstić information content (AvgIpc) is 3.19. The first-order valence-electron chi connectivity index (χ1n) is 11.1. The first kappa shape index (κ1) is 21.8. The molecule has 5 rings (SSSR count). The van der Waals surface area contributed by atoms with E-state index >= 15 is 0 Å². The highest BCUT2D eigenvalue weighted by atomic mass is 79.9. The lowest BCUT2D eigenvalue weighted by atomic mass is 9.97. The van der Waals surface area contributed by atoms with Crippen LogP contribution in [0.5, 0.6) is 0 Å². The van der Waals surface area contributed by atoms with Crippen LogP contribution in [0.15, 0.2) is 77.3 Å². The molecule has 1 N–H and O–H groups in total. The third-order valence-electron chi connectivity index (χ3n) is 6.07. The molecule has 3 aromatic carbocycles. The number of benzene rings is 3. The second-order valence-corrected chi connectivity index (χ2v) is 9.31. The van der Waals surface area contributed by atoms with Crippen LogP contribution >= 0.6 is 15.9 Å². The molecule has 5 nitrogen and oxygen atoms in total. The fourth-order valence-corrected chi connectivity index (χ4v) is 4.72. The second kappa shape index (κ2) is 9.45. The van der Waals surface area contributed by atoms with Gasteiger partial charge in [-0.05, 0) is 80.1 Å². The fourth-order valence-electron chi connectivity index (χ4n) is 4.45. The number of aromatic nitrogens is 2. The summed E-state index contributed by atoms with van der Waals surface area (Å²) in [7, 11) is 0. The van der Waals surface area contributed by atoms with Crippen molar-refractivity contribution in [1.82, 2.24) is 14.5 Å². The molecule has 1 aromatic heterocycles. The van der Waals surface area contributed by atoms with Gasteiger partial charge in [-0.3, -0.25) is 14.3 Å². The van der Waals surface area contributed by atoms with Gasteiger partial charge < -0.3 is 5.32 Å². The fraction of sp³-hybridized carbons (Fsp3) is 0.231. The van der Waals surface area contributed by atoms with Crippen molar-refractivity contribution in [3.63, 3.8) is 0 Å². The minimum atomic E-state index is -0.314. The maximum absolute atomic E-state index is 13.2. The summed E-state index contributed by atoms with van der Waals surface area (Å²) in [5, 5.41) is 2.93. The first-order valence-corrected chi connectivity index (χ1v) is 11.9. The number of nitrogens with one attached hydrogen (secondary N) is 1. The maximum Gasteiger partial charge on any atom is 0.228 e. The minimum Gasteiger partial charge on any atom is -0.326 e. The first-order chi connectivity index (χ1) is 16.1. The van der Waals surface area contributed by atoms with E-state index < -0.39 is 0 Å². The summed E-state index contributed by atoms with van der Waals surface area (Å²) in [6, 6.07) is 22.3. The number of hydrogen-bond donors (Lipinski definition) is 1. The minimum absolute atomic E-state index is 0.0206. The third kappa shape index (κ3) is 4.84. The molecule has 1 amide bonds. The summed E-state index contributed by atoms with van der Waals surface area (Å²) in [5.41, 5.74) is 3.70. The van der Waals surface area contributed by atoms with Gasteiger partial charge in [0.05, 0.1) is 23.5 Å². The van der Waals surface area contributed by atoms with Crippen LogP contribution in [0.3, 0.4) is 0 Å². The van der Waals surface area contributed by atoms with Crippen molar-refractivity contribution in [2.75, 3.05) is 18.4 Å². The number of para-hydroxylation sites is 2. The molecule has 1 fully saturated rings. The number of nitrogens with zero attached hydrogens (tertiary/aromatic N) is 3. The number of carbonyl (C=O) groups excluding carboxylic acids is 1. The van der Waals surface area contributed by atoms with Crippen molar-refractivity contribution < 1.29 is 9.18 Å². The van der Waals surface area contributed by atoms with Crippen LogP contribution in [0.25, 0.3) is 16.7 Å². The summed E-state index contributed by atoms with van der Waals surface area (Å²) < 4.78 is 16.4. The molecule has 0 unspecified atom stereocenters. The smallest absolute Gasteiger partial charge is 0.228 e. The van der Waals surface area contributed by atoms with E-state index in [1.807, 2.05) is 30.3 Å². The highest BCUT2D eigenvalue weighted by molar-refractivity contribution is 9.10. The van der Waals surface area contributed by atoms with E-state index in [-0.39, 0.29) is 17.6 Å². The zero-order valence-electron chi connectivity index (χ0n) is 18.0. The zero-order valence-corrected chi connectivity index (χ0v) is 19.6. The molecule has 1 aliphatic heterocycles. The number of imidazole rings is 1. The topological polar surface area (TPSA) is 50.2 Å². The summed E-state index contributed by atoms with van der Waals surface area (Å²) >= 11 is 3.51. The highest BCUT2D eigenvalue weighted by Gasteiger charge is 2.27. The zero-order chi connectivity index (χ0) is 22.8. The van der Waals surface area contributed by atoms with E-state index in [2.05, 4.69) is 48.9 Å². The number of anilines is 1. The van der Waals surface area contributed by atoms with Crippen LogP contribution in [-0.4, -0.2) is 33.4 Å². The molecular formula is C26H24BrFN4O. The summed E-state index contributed by atoms with van der Waals surface area (Å²) in [5.74, 6) is 0.505. The molecule has 0 radical (unpaired) electrons. The Morgan fingerprint density at radius 3 is 2.61 bits per heavy atom. The van der Waals surface area contributed by atoms with Crippen molar-refractivity contribution in [2.45, 2.75) is 19.4 Å². The molecule has 7 heteroatoms. The van der Waals surface area contributed by atoms with Crippen LogP contribution in [0, 0.1) is 11.7 Å². The SMILES string of the molecule is O=C(Nc1ccc(F)cc1)[C@@H]1CCCN(Cc2nc3ccccc3n2-c2ccc(Br)cc2)C1. The van der Waals surface area contributed by atoms with Crippen molar-refractivity contribution in [3.8, 4) is 5.69 Å². The van der Waals surface area contributed by atoms with Gasteiger partial charge in [-0.15, -0.1) is 0 Å². The van der Waals surface area contributed by atoms with Gasteiger partial charge in [0.1, 0.15) is 11.6 Å². The molecule has 0 spiro atoms. The Morgan fingerprint density at radius 1 is 1.06 bits per heavy atom. The molecule has 33 heavy (non-hydrogen) atoms. The van der Waals surface area contributed by atoms with Gasteiger partial charge in [-0.1, -0.05) is 28.1 Å². The van der Waals surface area contributed by atoms with Crippen molar-refractivity contribution in [3.05, 3.63) is 88.9 Å². The van der Waals surface area contributed by atoms with Gasteiger partial charge in [-0.25, -0.2) is 9.37 Å². The van der Waals surface area contributed by atoms with Crippen LogP contribution in [0.4, 0.5) is 10.1 Å². The number of hydrogen-bond acceptors (Lipinski definition) is 3. The number of amides is 1. The number of halogens is 2. The summed E-state index contributed by atoms with van der Waals surface area (Å²) in [4.78, 5) is 20.1. The van der Waals surface area contributed by atoms with E-state index in [0.29, 0.717) is 18.8 Å². The Bertz CT molecular complexity index is 1270. The van der Waals surface area contributed by atoms with Crippen molar-refractivity contribution in [1.29, 1.82) is 0 Å². The highest BCUT2D eigenvalue weighted by Crippen LogP contribution is 2.26. The lowest BCUT2D eigenvalue weighted by Crippen LogP contribution is -2.40. The average molecular weight is 507 g/mol. The molecule has 2 heterocycles. The van der Waals surface area contributed by atoms with Gasteiger partial charge in [0, 0.05) is 22.4 Å². The summed E-state index contributed by atoms with van der Waals surface area (Å²) in [6.45, 7) is 2.24. The van der Waals surface area contributed by atoms with Gasteiger partial charge >= 0.3 is 0 Å². The predicted octanol–water partition coefficient (Wildman–Crippen LogP) is 5.78. The van der Waals surface area contributed by atoms with Crippen molar-refractivity contribution in [2.24, 2.45) is 5.92 Å². The van der Waals surface area contributed by atoms with E-state index in [1.165, 1.54) is 12.1 Å². The predicted molar refractivity (Wildman–Crippen MR) is 132 cm³/mol. The summed E-state index contributed by atoms with van der Waals surface area (Å²) in [6.07, 6.45) is 1.78. The Morgan fingerprint density at radius 2 is 1.82 bits per heavy atom. The van der Waals surface area contributed by atoms with E-state index in [4.69, 9.17) is 4.98 Å². The largest absolute Gasteiger partial charge is 0.326 e. The van der Waals surface area contributed by atoms with Crippen LogP contribution in [0.2, 0.25) is 0 Å². The Balaban J connectivity index is 1.36. The van der Waals surface area contributed by atoms with E-state index in [9.17, 15) is 9.18 Å².